The molecular weight excluding hydrogens is 532 g/mol. The Morgan fingerprint density at radius 3 is 2.09 bits per heavy atom. The highest BCUT2D eigenvalue weighted by Crippen LogP contribution is 2.48. The van der Waals surface area contributed by atoms with Crippen molar-refractivity contribution in [3.8, 4) is 22.3 Å². The Kier molecular flexibility index (Phi) is 5.83. The predicted octanol–water partition coefficient (Wildman–Crippen LogP) is 12.7. The smallest absolute Gasteiger partial charge is 0.143 e. The first-order valence-corrected chi connectivity index (χ1v) is 15.4. The second-order valence-electron chi connectivity index (χ2n) is 13.1. The molecule has 0 fully saturated rings. The topological polar surface area (TPSA) is 13.1 Å². The van der Waals surface area contributed by atoms with Gasteiger partial charge in [0.15, 0.2) is 0 Å². The fourth-order valence-electron chi connectivity index (χ4n) is 6.85. The van der Waals surface area contributed by atoms with Crippen molar-refractivity contribution in [1.82, 2.24) is 0 Å². The van der Waals surface area contributed by atoms with Crippen LogP contribution in [-0.2, 0) is 5.41 Å². The Morgan fingerprint density at radius 2 is 1.27 bits per heavy atom. The molecule has 0 N–H and O–H groups in total. The summed E-state index contributed by atoms with van der Waals surface area (Å²) in [5.41, 5.74) is 10.2. The van der Waals surface area contributed by atoms with Crippen LogP contribution in [0.3, 0.4) is 0 Å². The molecule has 0 aliphatic rings. The van der Waals surface area contributed by atoms with Crippen molar-refractivity contribution in [3.05, 3.63) is 139 Å². The standard InChI is InChI=1S/C43H34O/c1-26(2)28-19-21-33-37(24-28)41(36-15-10-14-35-32-13-8-9-16-39(32)44-42(35)36)34-22-20-31(43(3,4)5)25-38(34)40(33)30-18-17-27-11-6-7-12-29(27)23-30/h6-25H,1H2,2-5H3. The van der Waals surface area contributed by atoms with Crippen LogP contribution in [0.5, 0.6) is 0 Å². The number of rotatable bonds is 3. The van der Waals surface area contributed by atoms with E-state index >= 15 is 0 Å². The zero-order valence-electron chi connectivity index (χ0n) is 25.7. The number of fused-ring (bicyclic) bond motifs is 6. The first-order valence-electron chi connectivity index (χ1n) is 15.4. The van der Waals surface area contributed by atoms with Gasteiger partial charge in [-0.1, -0.05) is 130 Å². The van der Waals surface area contributed by atoms with Crippen LogP contribution in [0.4, 0.5) is 0 Å². The largest absolute Gasteiger partial charge is 0.455 e. The van der Waals surface area contributed by atoms with E-state index in [0.29, 0.717) is 0 Å². The van der Waals surface area contributed by atoms with E-state index in [0.717, 1.165) is 38.6 Å². The van der Waals surface area contributed by atoms with E-state index in [2.05, 4.69) is 150 Å². The van der Waals surface area contributed by atoms with Crippen LogP contribution in [0.15, 0.2) is 132 Å². The minimum atomic E-state index is 0.00647. The summed E-state index contributed by atoms with van der Waals surface area (Å²) in [4.78, 5) is 0. The number of furan rings is 1. The highest BCUT2D eigenvalue weighted by atomic mass is 16.3. The van der Waals surface area contributed by atoms with Crippen molar-refractivity contribution in [2.75, 3.05) is 0 Å². The van der Waals surface area contributed by atoms with E-state index in [1.807, 2.05) is 6.07 Å². The van der Waals surface area contributed by atoms with Crippen LogP contribution < -0.4 is 0 Å². The van der Waals surface area contributed by atoms with Gasteiger partial charge >= 0.3 is 0 Å². The Morgan fingerprint density at radius 1 is 0.568 bits per heavy atom. The Hall–Kier alpha value is -5.14. The molecule has 0 aliphatic carbocycles. The number of benzene rings is 7. The van der Waals surface area contributed by atoms with E-state index in [4.69, 9.17) is 4.42 Å². The van der Waals surface area contributed by atoms with E-state index < -0.39 is 0 Å². The summed E-state index contributed by atoms with van der Waals surface area (Å²) in [6.07, 6.45) is 0. The molecule has 8 rings (SSSR count). The van der Waals surface area contributed by atoms with Gasteiger partial charge in [0.05, 0.1) is 0 Å². The maximum Gasteiger partial charge on any atom is 0.143 e. The minimum Gasteiger partial charge on any atom is -0.455 e. The van der Waals surface area contributed by atoms with Gasteiger partial charge in [0.2, 0.25) is 0 Å². The lowest BCUT2D eigenvalue weighted by Crippen LogP contribution is -2.10. The zero-order valence-corrected chi connectivity index (χ0v) is 25.7. The Bertz CT molecular complexity index is 2450. The molecule has 7 aromatic carbocycles. The average Bonchev–Trinajstić information content (AvgIpc) is 3.41. The lowest BCUT2D eigenvalue weighted by atomic mass is 9.80. The van der Waals surface area contributed by atoms with Gasteiger partial charge in [-0.25, -0.2) is 0 Å². The third-order valence-electron chi connectivity index (χ3n) is 9.19. The molecule has 1 nitrogen and oxygen atoms in total. The monoisotopic (exact) mass is 566 g/mol. The average molecular weight is 567 g/mol. The lowest BCUT2D eigenvalue weighted by Gasteiger charge is -2.23. The van der Waals surface area contributed by atoms with E-state index in [9.17, 15) is 0 Å². The number of hydrogen-bond acceptors (Lipinski definition) is 1. The highest BCUT2D eigenvalue weighted by Gasteiger charge is 2.23. The van der Waals surface area contributed by atoms with Crippen LogP contribution in [0.2, 0.25) is 0 Å². The first-order chi connectivity index (χ1) is 21.3. The molecule has 0 amide bonds. The maximum atomic E-state index is 6.64. The quantitative estimate of drug-likeness (QED) is 0.194. The normalized spacial score (nSPS) is 12.2. The first kappa shape index (κ1) is 26.5. The minimum absolute atomic E-state index is 0.00647. The zero-order chi connectivity index (χ0) is 30.2. The summed E-state index contributed by atoms with van der Waals surface area (Å²) >= 11 is 0. The van der Waals surface area contributed by atoms with E-state index in [-0.39, 0.29) is 5.41 Å². The fraction of sp³-hybridized carbons (Fsp3) is 0.116. The van der Waals surface area contributed by atoms with Gasteiger partial charge in [-0.3, -0.25) is 0 Å². The lowest BCUT2D eigenvalue weighted by molar-refractivity contribution is 0.591. The van der Waals surface area contributed by atoms with Crippen molar-refractivity contribution < 1.29 is 4.42 Å². The molecule has 0 radical (unpaired) electrons. The van der Waals surface area contributed by atoms with Crippen LogP contribution in [-0.4, -0.2) is 0 Å². The molecule has 1 heterocycles. The van der Waals surface area contributed by atoms with Gasteiger partial charge in [-0.2, -0.15) is 0 Å². The van der Waals surface area contributed by atoms with Crippen LogP contribution in [0.25, 0.3) is 82.1 Å². The Labute approximate surface area is 258 Å². The second-order valence-corrected chi connectivity index (χ2v) is 13.1. The van der Waals surface area contributed by atoms with Crippen LogP contribution in [0.1, 0.15) is 38.8 Å². The van der Waals surface area contributed by atoms with Gasteiger partial charge in [0.1, 0.15) is 11.2 Å². The molecule has 212 valence electrons. The predicted molar refractivity (Wildman–Crippen MR) is 191 cm³/mol. The van der Waals surface area contributed by atoms with Crippen molar-refractivity contribution in [1.29, 1.82) is 0 Å². The molecule has 44 heavy (non-hydrogen) atoms. The summed E-state index contributed by atoms with van der Waals surface area (Å²) in [7, 11) is 0. The SMILES string of the molecule is C=C(C)c1ccc2c(-c3ccc4ccccc4c3)c3cc(C(C)(C)C)ccc3c(-c3cccc4c3oc3ccccc34)c2c1. The molecule has 0 aliphatic heterocycles. The van der Waals surface area contributed by atoms with E-state index in [1.165, 1.54) is 54.6 Å². The number of allylic oxidation sites excluding steroid dienone is 1. The van der Waals surface area contributed by atoms with Crippen molar-refractivity contribution in [3.63, 3.8) is 0 Å². The molecule has 0 saturated heterocycles. The van der Waals surface area contributed by atoms with Gasteiger partial charge in [-0.05, 0) is 91.2 Å². The molecule has 1 aromatic heterocycles. The molecular formula is C43H34O. The maximum absolute atomic E-state index is 6.64. The highest BCUT2D eigenvalue weighted by molar-refractivity contribution is 6.25. The number of para-hydroxylation sites is 2. The molecule has 0 saturated carbocycles. The van der Waals surface area contributed by atoms with Gasteiger partial charge < -0.3 is 4.42 Å². The molecule has 1 heteroatoms. The fourth-order valence-corrected chi connectivity index (χ4v) is 6.85. The second kappa shape index (κ2) is 9.69. The summed E-state index contributed by atoms with van der Waals surface area (Å²) in [5, 5.41) is 9.69. The third kappa shape index (κ3) is 4.07. The molecule has 0 spiro atoms. The summed E-state index contributed by atoms with van der Waals surface area (Å²) in [6.45, 7) is 13.3. The summed E-state index contributed by atoms with van der Waals surface area (Å²) < 4.78 is 6.64. The van der Waals surface area contributed by atoms with Gasteiger partial charge in [0, 0.05) is 21.9 Å². The summed E-state index contributed by atoms with van der Waals surface area (Å²) in [5.74, 6) is 0. The number of hydrogen-bond donors (Lipinski definition) is 0. The molecule has 0 unspecified atom stereocenters. The van der Waals surface area contributed by atoms with Gasteiger partial charge in [0.25, 0.3) is 0 Å². The van der Waals surface area contributed by atoms with Crippen LogP contribution in [0, 0.1) is 0 Å². The van der Waals surface area contributed by atoms with Crippen molar-refractivity contribution in [2.45, 2.75) is 33.1 Å². The van der Waals surface area contributed by atoms with Crippen molar-refractivity contribution >= 4 is 59.8 Å². The van der Waals surface area contributed by atoms with E-state index in [1.54, 1.807) is 0 Å². The Balaban J connectivity index is 1.58. The molecule has 8 aromatic rings. The van der Waals surface area contributed by atoms with Crippen LogP contribution >= 0.6 is 0 Å². The summed E-state index contributed by atoms with van der Waals surface area (Å²) in [6, 6.07) is 44.3. The molecule has 0 atom stereocenters. The third-order valence-corrected chi connectivity index (χ3v) is 9.19. The van der Waals surface area contributed by atoms with Gasteiger partial charge in [-0.15, -0.1) is 0 Å². The molecule has 0 bridgehead atoms. The van der Waals surface area contributed by atoms with Crippen molar-refractivity contribution in [2.24, 2.45) is 0 Å².